The van der Waals surface area contributed by atoms with Crippen molar-refractivity contribution in [2.75, 3.05) is 26.0 Å². The molecule has 1 heterocycles. The largest absolute Gasteiger partial charge is 0.493 e. The zero-order chi connectivity index (χ0) is 24.9. The molecule has 35 heavy (non-hydrogen) atoms. The van der Waals surface area contributed by atoms with Crippen LogP contribution in [0.5, 0.6) is 11.5 Å². The summed E-state index contributed by atoms with van der Waals surface area (Å²) in [4.78, 5) is 19.0. The number of nitrogens with one attached hydrogen (secondary N) is 1. The number of alkyl halides is 2. The van der Waals surface area contributed by atoms with Gasteiger partial charge in [0.1, 0.15) is 5.01 Å². The lowest BCUT2D eigenvalue weighted by Crippen LogP contribution is -2.29. The standard InChI is InChI=1S/C26H25F2N3O3S/c1-16-4-10-20-23(12-16)35-25(30-20)18-6-8-19(9-7-18)29-24(32)15-31(2)14-17-5-11-21(34-26(27)28)22(13-17)33-3/h4-13,26H,14-15H2,1-3H3,(H,29,32). The topological polar surface area (TPSA) is 63.7 Å². The molecule has 1 amide bonds. The molecule has 4 aromatic rings. The van der Waals surface area contributed by atoms with Gasteiger partial charge >= 0.3 is 6.61 Å². The maximum absolute atomic E-state index is 12.5. The molecule has 3 aromatic carbocycles. The van der Waals surface area contributed by atoms with Crippen LogP contribution in [0.4, 0.5) is 14.5 Å². The van der Waals surface area contributed by atoms with Crippen LogP contribution in [0, 0.1) is 6.92 Å². The molecule has 1 N–H and O–H groups in total. The summed E-state index contributed by atoms with van der Waals surface area (Å²) < 4.78 is 35.7. The second-order valence-corrected chi connectivity index (χ2v) is 9.18. The van der Waals surface area contributed by atoms with Crippen molar-refractivity contribution in [2.24, 2.45) is 0 Å². The number of likely N-dealkylation sites (N-methyl/N-ethyl adjacent to an activating group) is 1. The summed E-state index contributed by atoms with van der Waals surface area (Å²) in [6.07, 6.45) is 0. The Bertz CT molecular complexity index is 1330. The van der Waals surface area contributed by atoms with E-state index in [0.717, 1.165) is 26.4 Å². The van der Waals surface area contributed by atoms with Gasteiger partial charge in [0.2, 0.25) is 5.91 Å². The van der Waals surface area contributed by atoms with Crippen molar-refractivity contribution in [1.82, 2.24) is 9.88 Å². The van der Waals surface area contributed by atoms with Crippen molar-refractivity contribution in [3.8, 4) is 22.1 Å². The average molecular weight is 498 g/mol. The number of carbonyl (C=O) groups excluding carboxylic acids is 1. The number of amides is 1. The van der Waals surface area contributed by atoms with Gasteiger partial charge in [-0.3, -0.25) is 9.69 Å². The summed E-state index contributed by atoms with van der Waals surface area (Å²) in [5.41, 5.74) is 4.66. The molecule has 0 radical (unpaired) electrons. The molecule has 0 spiro atoms. The van der Waals surface area contributed by atoms with Crippen LogP contribution in [0.1, 0.15) is 11.1 Å². The number of halogens is 2. The third kappa shape index (κ3) is 6.32. The van der Waals surface area contributed by atoms with Crippen molar-refractivity contribution in [3.63, 3.8) is 0 Å². The van der Waals surface area contributed by atoms with Gasteiger partial charge in [0.25, 0.3) is 0 Å². The number of fused-ring (bicyclic) bond motifs is 1. The molecule has 0 bridgehead atoms. The van der Waals surface area contributed by atoms with Gasteiger partial charge in [-0.25, -0.2) is 4.98 Å². The Morgan fingerprint density at radius 2 is 1.86 bits per heavy atom. The molecule has 6 nitrogen and oxygen atoms in total. The van der Waals surface area contributed by atoms with E-state index in [9.17, 15) is 13.6 Å². The highest BCUT2D eigenvalue weighted by Crippen LogP contribution is 2.32. The lowest BCUT2D eigenvalue weighted by molar-refractivity contribution is -0.117. The number of hydrogen-bond acceptors (Lipinski definition) is 6. The van der Waals surface area contributed by atoms with E-state index in [4.69, 9.17) is 9.72 Å². The van der Waals surface area contributed by atoms with Gasteiger partial charge in [-0.2, -0.15) is 8.78 Å². The highest BCUT2D eigenvalue weighted by Gasteiger charge is 2.13. The van der Waals surface area contributed by atoms with Crippen molar-refractivity contribution in [1.29, 1.82) is 0 Å². The molecule has 182 valence electrons. The first-order valence-electron chi connectivity index (χ1n) is 10.9. The Morgan fingerprint density at radius 1 is 1.09 bits per heavy atom. The number of rotatable bonds is 9. The maximum Gasteiger partial charge on any atom is 0.387 e. The molecular weight excluding hydrogens is 472 g/mol. The van der Waals surface area contributed by atoms with Crippen LogP contribution in [0.15, 0.2) is 60.7 Å². The van der Waals surface area contributed by atoms with Gasteiger partial charge in [0.15, 0.2) is 11.5 Å². The van der Waals surface area contributed by atoms with E-state index in [1.54, 1.807) is 30.5 Å². The van der Waals surface area contributed by atoms with Gasteiger partial charge in [-0.15, -0.1) is 11.3 Å². The normalized spacial score (nSPS) is 11.3. The number of thiazole rings is 1. The van der Waals surface area contributed by atoms with E-state index in [-0.39, 0.29) is 24.0 Å². The first-order valence-corrected chi connectivity index (χ1v) is 11.7. The number of hydrogen-bond donors (Lipinski definition) is 1. The lowest BCUT2D eigenvalue weighted by Gasteiger charge is -2.18. The van der Waals surface area contributed by atoms with Gasteiger partial charge in [-0.05, 0) is 73.6 Å². The number of aryl methyl sites for hydroxylation is 1. The molecule has 4 rings (SSSR count). The number of methoxy groups -OCH3 is 1. The minimum atomic E-state index is -2.93. The van der Waals surface area contributed by atoms with Crippen LogP contribution in [-0.4, -0.2) is 43.1 Å². The van der Waals surface area contributed by atoms with E-state index in [0.29, 0.717) is 12.2 Å². The van der Waals surface area contributed by atoms with Crippen LogP contribution >= 0.6 is 11.3 Å². The van der Waals surface area contributed by atoms with Crippen LogP contribution in [-0.2, 0) is 11.3 Å². The Hall–Kier alpha value is -3.56. The first-order chi connectivity index (χ1) is 16.8. The van der Waals surface area contributed by atoms with Gasteiger partial charge in [0, 0.05) is 17.8 Å². The Kier molecular flexibility index (Phi) is 7.57. The third-order valence-corrected chi connectivity index (χ3v) is 6.34. The van der Waals surface area contributed by atoms with Crippen molar-refractivity contribution >= 4 is 33.1 Å². The van der Waals surface area contributed by atoms with Crippen molar-refractivity contribution in [2.45, 2.75) is 20.1 Å². The number of benzene rings is 3. The summed E-state index contributed by atoms with van der Waals surface area (Å²) in [7, 11) is 3.19. The predicted molar refractivity (Wildman–Crippen MR) is 134 cm³/mol. The molecular formula is C26H25F2N3O3S. The van der Waals surface area contributed by atoms with Crippen LogP contribution < -0.4 is 14.8 Å². The summed E-state index contributed by atoms with van der Waals surface area (Å²) in [5.74, 6) is 0.0142. The molecule has 0 unspecified atom stereocenters. The van der Waals surface area contributed by atoms with Crippen LogP contribution in [0.3, 0.4) is 0 Å². The molecule has 0 aliphatic carbocycles. The van der Waals surface area contributed by atoms with Crippen molar-refractivity contribution < 1.29 is 23.0 Å². The zero-order valence-corrected chi connectivity index (χ0v) is 20.4. The van der Waals surface area contributed by atoms with E-state index in [1.165, 1.54) is 18.7 Å². The summed E-state index contributed by atoms with van der Waals surface area (Å²) in [6.45, 7) is -0.294. The highest BCUT2D eigenvalue weighted by molar-refractivity contribution is 7.21. The summed E-state index contributed by atoms with van der Waals surface area (Å²) >= 11 is 1.64. The second-order valence-electron chi connectivity index (χ2n) is 8.15. The molecule has 0 saturated carbocycles. The quantitative estimate of drug-likeness (QED) is 0.310. The number of nitrogens with zero attached hydrogens (tertiary/aromatic N) is 2. The zero-order valence-electron chi connectivity index (χ0n) is 19.5. The smallest absolute Gasteiger partial charge is 0.387 e. The number of aromatic nitrogens is 1. The van der Waals surface area contributed by atoms with Gasteiger partial charge < -0.3 is 14.8 Å². The van der Waals surface area contributed by atoms with Crippen molar-refractivity contribution in [3.05, 3.63) is 71.8 Å². The number of anilines is 1. The average Bonchev–Trinajstić information content (AvgIpc) is 3.23. The third-order valence-electron chi connectivity index (χ3n) is 5.27. The number of carbonyl (C=O) groups is 1. The van der Waals surface area contributed by atoms with E-state index < -0.39 is 6.61 Å². The van der Waals surface area contributed by atoms with E-state index in [2.05, 4.69) is 29.1 Å². The molecule has 9 heteroatoms. The lowest BCUT2D eigenvalue weighted by atomic mass is 10.2. The highest BCUT2D eigenvalue weighted by atomic mass is 32.1. The fraction of sp³-hybridized carbons (Fsp3) is 0.231. The predicted octanol–water partition coefficient (Wildman–Crippen LogP) is 5.95. The Morgan fingerprint density at radius 3 is 2.57 bits per heavy atom. The van der Waals surface area contributed by atoms with Crippen LogP contribution in [0.2, 0.25) is 0 Å². The maximum atomic E-state index is 12.5. The summed E-state index contributed by atoms with van der Waals surface area (Å²) in [5, 5.41) is 3.83. The van der Waals surface area contributed by atoms with E-state index >= 15 is 0 Å². The molecule has 0 saturated heterocycles. The minimum absolute atomic E-state index is 0.0314. The fourth-order valence-electron chi connectivity index (χ4n) is 3.67. The molecule has 0 aliphatic rings. The molecule has 1 aromatic heterocycles. The number of ether oxygens (including phenoxy) is 2. The second kappa shape index (κ2) is 10.8. The molecule has 0 fully saturated rings. The van der Waals surface area contributed by atoms with Gasteiger partial charge in [0.05, 0.1) is 23.9 Å². The minimum Gasteiger partial charge on any atom is -0.493 e. The Balaban J connectivity index is 1.34. The van der Waals surface area contributed by atoms with Crippen LogP contribution in [0.25, 0.3) is 20.8 Å². The summed E-state index contributed by atoms with van der Waals surface area (Å²) in [6, 6.07) is 18.5. The Labute approximate surface area is 206 Å². The first kappa shape index (κ1) is 24.6. The molecule has 0 aliphatic heterocycles. The monoisotopic (exact) mass is 497 g/mol. The molecule has 0 atom stereocenters. The SMILES string of the molecule is COc1cc(CN(C)CC(=O)Nc2ccc(-c3nc4ccc(C)cc4s3)cc2)ccc1OC(F)F. The van der Waals surface area contributed by atoms with E-state index in [1.807, 2.05) is 35.2 Å². The fourth-order valence-corrected chi connectivity index (χ4v) is 4.74. The van der Waals surface area contributed by atoms with Gasteiger partial charge in [-0.1, -0.05) is 12.1 Å².